The number of halogens is 1. The maximum absolute atomic E-state index is 12.3. The summed E-state index contributed by atoms with van der Waals surface area (Å²) in [5.41, 5.74) is 0. The number of rotatable bonds is 2. The summed E-state index contributed by atoms with van der Waals surface area (Å²) >= 11 is 5.76. The number of nitrogens with one attached hydrogen (secondary N) is 1. The molecule has 0 saturated carbocycles. The number of hydrogen-bond acceptors (Lipinski definition) is 3. The van der Waals surface area contributed by atoms with Crippen LogP contribution in [0.3, 0.4) is 0 Å². The van der Waals surface area contributed by atoms with E-state index in [2.05, 4.69) is 5.32 Å². The fraction of sp³-hybridized carbons (Fsp3) is 0.455. The Labute approximate surface area is 107 Å². The van der Waals surface area contributed by atoms with Crippen molar-refractivity contribution in [2.24, 2.45) is 0 Å². The van der Waals surface area contributed by atoms with Crippen molar-refractivity contribution >= 4 is 21.6 Å². The van der Waals surface area contributed by atoms with Crippen molar-refractivity contribution in [2.75, 3.05) is 26.2 Å². The van der Waals surface area contributed by atoms with Crippen molar-refractivity contribution in [3.63, 3.8) is 0 Å². The Kier molecular flexibility index (Phi) is 4.04. The first-order chi connectivity index (χ1) is 8.10. The lowest BCUT2D eigenvalue weighted by Crippen LogP contribution is -2.34. The van der Waals surface area contributed by atoms with Gasteiger partial charge in [-0.05, 0) is 37.2 Å². The summed E-state index contributed by atoms with van der Waals surface area (Å²) in [6.07, 6.45) is 0.840. The molecule has 17 heavy (non-hydrogen) atoms. The summed E-state index contributed by atoms with van der Waals surface area (Å²) < 4.78 is 26.1. The zero-order valence-electron chi connectivity index (χ0n) is 9.39. The lowest BCUT2D eigenvalue weighted by molar-refractivity contribution is 0.432. The second kappa shape index (κ2) is 5.35. The Hall–Kier alpha value is -0.620. The predicted octanol–water partition coefficient (Wildman–Crippen LogP) is 1.32. The lowest BCUT2D eigenvalue weighted by Gasteiger charge is -2.19. The molecule has 0 bridgehead atoms. The molecule has 1 aliphatic heterocycles. The van der Waals surface area contributed by atoms with E-state index >= 15 is 0 Å². The van der Waals surface area contributed by atoms with Gasteiger partial charge >= 0.3 is 0 Å². The molecule has 0 atom stereocenters. The Balaban J connectivity index is 2.25. The SMILES string of the molecule is O=S(=O)(c1ccc(Cl)cc1)N1CCCNCC1. The van der Waals surface area contributed by atoms with Gasteiger partial charge in [-0.25, -0.2) is 8.42 Å². The van der Waals surface area contributed by atoms with Crippen LogP contribution in [0, 0.1) is 0 Å². The van der Waals surface area contributed by atoms with Gasteiger partial charge < -0.3 is 5.32 Å². The van der Waals surface area contributed by atoms with E-state index in [1.165, 1.54) is 4.31 Å². The molecule has 0 amide bonds. The van der Waals surface area contributed by atoms with Crippen LogP contribution in [-0.2, 0) is 10.0 Å². The van der Waals surface area contributed by atoms with Gasteiger partial charge in [0, 0.05) is 24.7 Å². The average molecular weight is 275 g/mol. The molecule has 0 radical (unpaired) electrons. The highest BCUT2D eigenvalue weighted by Gasteiger charge is 2.24. The molecule has 1 heterocycles. The van der Waals surface area contributed by atoms with Crippen molar-refractivity contribution < 1.29 is 8.42 Å². The fourth-order valence-corrected chi connectivity index (χ4v) is 3.42. The Morgan fingerprint density at radius 2 is 1.82 bits per heavy atom. The van der Waals surface area contributed by atoms with E-state index in [0.29, 0.717) is 29.6 Å². The van der Waals surface area contributed by atoms with E-state index in [9.17, 15) is 8.42 Å². The standard InChI is InChI=1S/C11H15ClN2O2S/c12-10-2-4-11(5-3-10)17(15,16)14-8-1-6-13-7-9-14/h2-5,13H,1,6-9H2. The van der Waals surface area contributed by atoms with Crippen LogP contribution in [-0.4, -0.2) is 38.9 Å². The molecule has 0 spiro atoms. The molecule has 1 saturated heterocycles. The highest BCUT2D eigenvalue weighted by molar-refractivity contribution is 7.89. The highest BCUT2D eigenvalue weighted by Crippen LogP contribution is 2.18. The third-order valence-corrected chi connectivity index (χ3v) is 4.92. The molecule has 0 aliphatic carbocycles. The highest BCUT2D eigenvalue weighted by atomic mass is 35.5. The molecule has 2 rings (SSSR count). The van der Waals surface area contributed by atoms with Crippen LogP contribution in [0.25, 0.3) is 0 Å². The largest absolute Gasteiger partial charge is 0.315 e. The van der Waals surface area contributed by atoms with E-state index in [4.69, 9.17) is 11.6 Å². The molecular formula is C11H15ClN2O2S. The normalized spacial score (nSPS) is 18.9. The number of nitrogens with zero attached hydrogens (tertiary/aromatic N) is 1. The zero-order valence-corrected chi connectivity index (χ0v) is 11.0. The van der Waals surface area contributed by atoms with Crippen LogP contribution in [0.5, 0.6) is 0 Å². The van der Waals surface area contributed by atoms with Gasteiger partial charge in [-0.1, -0.05) is 11.6 Å². The van der Waals surface area contributed by atoms with Gasteiger partial charge in [0.25, 0.3) is 0 Å². The molecular weight excluding hydrogens is 260 g/mol. The third-order valence-electron chi connectivity index (χ3n) is 2.75. The second-order valence-electron chi connectivity index (χ2n) is 3.96. The summed E-state index contributed by atoms with van der Waals surface area (Å²) in [7, 11) is -3.37. The topological polar surface area (TPSA) is 49.4 Å². The first kappa shape index (κ1) is 12.8. The number of benzene rings is 1. The van der Waals surface area contributed by atoms with E-state index < -0.39 is 10.0 Å². The van der Waals surface area contributed by atoms with Gasteiger partial charge in [0.1, 0.15) is 0 Å². The molecule has 0 unspecified atom stereocenters. The van der Waals surface area contributed by atoms with E-state index in [1.54, 1.807) is 24.3 Å². The third kappa shape index (κ3) is 2.98. The molecule has 6 heteroatoms. The first-order valence-electron chi connectivity index (χ1n) is 5.57. The van der Waals surface area contributed by atoms with Crippen LogP contribution < -0.4 is 5.32 Å². The quantitative estimate of drug-likeness (QED) is 0.885. The van der Waals surface area contributed by atoms with Gasteiger partial charge in [0.05, 0.1) is 4.90 Å². The van der Waals surface area contributed by atoms with E-state index in [1.807, 2.05) is 0 Å². The van der Waals surface area contributed by atoms with Crippen LogP contribution in [0.15, 0.2) is 29.2 Å². The van der Waals surface area contributed by atoms with Gasteiger partial charge in [0.2, 0.25) is 10.0 Å². The van der Waals surface area contributed by atoms with E-state index in [0.717, 1.165) is 13.0 Å². The van der Waals surface area contributed by atoms with Crippen molar-refractivity contribution in [3.05, 3.63) is 29.3 Å². The summed E-state index contributed by atoms with van der Waals surface area (Å²) in [5, 5.41) is 3.73. The smallest absolute Gasteiger partial charge is 0.243 e. The maximum atomic E-state index is 12.3. The van der Waals surface area contributed by atoms with Crippen molar-refractivity contribution in [2.45, 2.75) is 11.3 Å². The minimum Gasteiger partial charge on any atom is -0.315 e. The predicted molar refractivity (Wildman–Crippen MR) is 67.7 cm³/mol. The zero-order chi connectivity index (χ0) is 12.3. The summed E-state index contributed by atoms with van der Waals surface area (Å²) in [6, 6.07) is 6.31. The number of hydrogen-bond donors (Lipinski definition) is 1. The van der Waals surface area contributed by atoms with Crippen LogP contribution in [0.4, 0.5) is 0 Å². The van der Waals surface area contributed by atoms with Gasteiger partial charge in [-0.15, -0.1) is 0 Å². The van der Waals surface area contributed by atoms with E-state index in [-0.39, 0.29) is 0 Å². The van der Waals surface area contributed by atoms with Crippen molar-refractivity contribution in [3.8, 4) is 0 Å². The summed E-state index contributed by atoms with van der Waals surface area (Å²) in [6.45, 7) is 2.66. The molecule has 94 valence electrons. The molecule has 1 aliphatic rings. The summed E-state index contributed by atoms with van der Waals surface area (Å²) in [4.78, 5) is 0.309. The Morgan fingerprint density at radius 1 is 1.12 bits per heavy atom. The molecule has 1 fully saturated rings. The van der Waals surface area contributed by atoms with Gasteiger partial charge in [0.15, 0.2) is 0 Å². The first-order valence-corrected chi connectivity index (χ1v) is 7.39. The lowest BCUT2D eigenvalue weighted by atomic mass is 10.4. The average Bonchev–Trinajstić information content (AvgIpc) is 2.58. The Morgan fingerprint density at radius 3 is 2.53 bits per heavy atom. The number of sulfonamides is 1. The fourth-order valence-electron chi connectivity index (χ4n) is 1.82. The monoisotopic (exact) mass is 274 g/mol. The van der Waals surface area contributed by atoms with Crippen molar-refractivity contribution in [1.29, 1.82) is 0 Å². The van der Waals surface area contributed by atoms with Crippen LogP contribution >= 0.6 is 11.6 Å². The van der Waals surface area contributed by atoms with Crippen LogP contribution in [0.1, 0.15) is 6.42 Å². The van der Waals surface area contributed by atoms with Gasteiger partial charge in [-0.2, -0.15) is 4.31 Å². The van der Waals surface area contributed by atoms with Crippen LogP contribution in [0.2, 0.25) is 5.02 Å². The summed E-state index contributed by atoms with van der Waals surface area (Å²) in [5.74, 6) is 0. The minimum absolute atomic E-state index is 0.309. The molecule has 4 nitrogen and oxygen atoms in total. The van der Waals surface area contributed by atoms with Gasteiger partial charge in [-0.3, -0.25) is 0 Å². The van der Waals surface area contributed by atoms with Crippen molar-refractivity contribution in [1.82, 2.24) is 9.62 Å². The molecule has 1 N–H and O–H groups in total. The maximum Gasteiger partial charge on any atom is 0.243 e. The second-order valence-corrected chi connectivity index (χ2v) is 6.34. The molecule has 1 aromatic rings. The molecule has 0 aromatic heterocycles. The molecule has 1 aromatic carbocycles. The minimum atomic E-state index is -3.37. The Bertz CT molecular complexity index is 465.